The number of aliphatic carboxylic acids is 1. The number of furan rings is 1. The number of Topliss-reactive ketones (excluding diaryl/α,β-unsaturated/α-hetero) is 1. The number of hydrogen-bond acceptors (Lipinski definition) is 3. The van der Waals surface area contributed by atoms with E-state index in [1.54, 1.807) is 36.4 Å². The number of halogens is 1. The van der Waals surface area contributed by atoms with Crippen LogP contribution in [0, 0.1) is 5.92 Å². The van der Waals surface area contributed by atoms with E-state index in [1.807, 2.05) is 30.3 Å². The van der Waals surface area contributed by atoms with E-state index in [-0.39, 0.29) is 18.0 Å². The highest BCUT2D eigenvalue weighted by Crippen LogP contribution is 2.25. The molecule has 1 atom stereocenters. The fourth-order valence-corrected chi connectivity index (χ4v) is 3.22. The molecule has 144 valence electrons. The first-order valence-electron chi connectivity index (χ1n) is 9.18. The van der Waals surface area contributed by atoms with Crippen molar-refractivity contribution in [1.82, 2.24) is 0 Å². The van der Waals surface area contributed by atoms with Crippen LogP contribution in [0.5, 0.6) is 0 Å². The first-order chi connectivity index (χ1) is 13.5. The molecule has 4 nitrogen and oxygen atoms in total. The Bertz CT molecular complexity index is 929. The van der Waals surface area contributed by atoms with E-state index in [9.17, 15) is 14.7 Å². The van der Waals surface area contributed by atoms with Gasteiger partial charge >= 0.3 is 5.97 Å². The zero-order chi connectivity index (χ0) is 19.9. The van der Waals surface area contributed by atoms with Gasteiger partial charge in [-0.1, -0.05) is 41.9 Å². The molecule has 0 amide bonds. The highest BCUT2D eigenvalue weighted by atomic mass is 35.5. The minimum atomic E-state index is -0.953. The van der Waals surface area contributed by atoms with Gasteiger partial charge in [0.2, 0.25) is 0 Å². The highest BCUT2D eigenvalue weighted by Gasteiger charge is 2.23. The molecule has 28 heavy (non-hydrogen) atoms. The lowest BCUT2D eigenvalue weighted by Gasteiger charge is -2.10. The summed E-state index contributed by atoms with van der Waals surface area (Å²) < 4.78 is 5.64. The van der Waals surface area contributed by atoms with Crippen molar-refractivity contribution in [1.29, 1.82) is 0 Å². The van der Waals surface area contributed by atoms with Crippen LogP contribution in [-0.4, -0.2) is 16.9 Å². The van der Waals surface area contributed by atoms with Crippen LogP contribution in [0.4, 0.5) is 0 Å². The molecule has 3 aromatic rings. The number of benzene rings is 2. The summed E-state index contributed by atoms with van der Waals surface area (Å²) in [5.74, 6) is -1.24. The van der Waals surface area contributed by atoms with Crippen molar-refractivity contribution in [3.8, 4) is 11.3 Å². The Morgan fingerprint density at radius 2 is 1.68 bits per heavy atom. The van der Waals surface area contributed by atoms with E-state index < -0.39 is 11.9 Å². The first-order valence-corrected chi connectivity index (χ1v) is 9.56. The highest BCUT2D eigenvalue weighted by molar-refractivity contribution is 6.30. The van der Waals surface area contributed by atoms with Crippen molar-refractivity contribution in [3.63, 3.8) is 0 Å². The molecule has 0 aliphatic rings. The molecule has 0 saturated heterocycles. The molecule has 0 fully saturated rings. The Morgan fingerprint density at radius 3 is 2.36 bits per heavy atom. The van der Waals surface area contributed by atoms with Crippen LogP contribution >= 0.6 is 11.6 Å². The molecule has 2 aromatic carbocycles. The summed E-state index contributed by atoms with van der Waals surface area (Å²) >= 11 is 5.88. The van der Waals surface area contributed by atoms with Gasteiger partial charge < -0.3 is 9.52 Å². The van der Waals surface area contributed by atoms with Gasteiger partial charge in [-0.2, -0.15) is 0 Å². The average molecular weight is 397 g/mol. The lowest BCUT2D eigenvalue weighted by Crippen LogP contribution is -2.18. The number of aryl methyl sites for hydroxylation is 1. The van der Waals surface area contributed by atoms with Crippen LogP contribution in [0.15, 0.2) is 71.1 Å². The Morgan fingerprint density at radius 1 is 0.964 bits per heavy atom. The molecule has 1 unspecified atom stereocenters. The maximum Gasteiger partial charge on any atom is 0.306 e. The maximum absolute atomic E-state index is 12.5. The van der Waals surface area contributed by atoms with Gasteiger partial charge in [0.05, 0.1) is 5.92 Å². The number of carboxylic acids is 1. The van der Waals surface area contributed by atoms with E-state index in [0.717, 1.165) is 17.5 Å². The van der Waals surface area contributed by atoms with Gasteiger partial charge in [-0.25, -0.2) is 0 Å². The van der Waals surface area contributed by atoms with E-state index in [2.05, 4.69) is 0 Å². The Hall–Kier alpha value is -2.85. The summed E-state index contributed by atoms with van der Waals surface area (Å²) in [7, 11) is 0. The van der Waals surface area contributed by atoms with Gasteiger partial charge in [-0.3, -0.25) is 9.59 Å². The largest absolute Gasteiger partial charge is 0.481 e. The summed E-state index contributed by atoms with van der Waals surface area (Å²) in [6.45, 7) is 0. The van der Waals surface area contributed by atoms with Crippen LogP contribution in [0.25, 0.3) is 11.3 Å². The van der Waals surface area contributed by atoms with E-state index >= 15 is 0 Å². The summed E-state index contributed by atoms with van der Waals surface area (Å²) in [5, 5.41) is 10.1. The van der Waals surface area contributed by atoms with Crippen molar-refractivity contribution in [2.45, 2.75) is 25.7 Å². The Labute approximate surface area is 168 Å². The third kappa shape index (κ3) is 5.33. The number of hydrogen-bond donors (Lipinski definition) is 1. The van der Waals surface area contributed by atoms with Crippen LogP contribution in [0.2, 0.25) is 5.02 Å². The molecule has 0 bridgehead atoms. The summed E-state index contributed by atoms with van der Waals surface area (Å²) in [6, 6.07) is 20.3. The SMILES string of the molecule is O=C(CC(CCCc1ccccc1)C(=O)O)c1ccc(-c2ccc(Cl)cc2)o1. The van der Waals surface area contributed by atoms with Gasteiger partial charge in [-0.05, 0) is 61.2 Å². The zero-order valence-electron chi connectivity index (χ0n) is 15.3. The fourth-order valence-electron chi connectivity index (χ4n) is 3.09. The normalized spacial score (nSPS) is 11.9. The lowest BCUT2D eigenvalue weighted by molar-refractivity contribution is -0.141. The third-order valence-corrected chi connectivity index (χ3v) is 4.90. The predicted molar refractivity (Wildman–Crippen MR) is 109 cm³/mol. The molecule has 1 N–H and O–H groups in total. The lowest BCUT2D eigenvalue weighted by atomic mass is 9.94. The van der Waals surface area contributed by atoms with Crippen molar-refractivity contribution < 1.29 is 19.1 Å². The van der Waals surface area contributed by atoms with E-state index in [1.165, 1.54) is 0 Å². The monoisotopic (exact) mass is 396 g/mol. The number of ketones is 1. The van der Waals surface area contributed by atoms with E-state index in [0.29, 0.717) is 23.6 Å². The Kier molecular flexibility index (Phi) is 6.66. The first kappa shape index (κ1) is 19.9. The molecule has 1 aromatic heterocycles. The molecule has 0 aliphatic carbocycles. The predicted octanol–water partition coefficient (Wildman–Crippen LogP) is 5.90. The van der Waals surface area contributed by atoms with Gasteiger partial charge in [0.25, 0.3) is 0 Å². The van der Waals surface area contributed by atoms with E-state index in [4.69, 9.17) is 16.0 Å². The molecular weight excluding hydrogens is 376 g/mol. The van der Waals surface area contributed by atoms with Crippen LogP contribution in [0.3, 0.4) is 0 Å². The van der Waals surface area contributed by atoms with Gasteiger partial charge in [0.1, 0.15) is 5.76 Å². The van der Waals surface area contributed by atoms with Crippen LogP contribution < -0.4 is 0 Å². The minimum absolute atomic E-state index is 0.0717. The number of rotatable bonds is 9. The second-order valence-electron chi connectivity index (χ2n) is 6.71. The third-order valence-electron chi connectivity index (χ3n) is 4.65. The van der Waals surface area contributed by atoms with Crippen molar-refractivity contribution in [2.24, 2.45) is 5.92 Å². The smallest absolute Gasteiger partial charge is 0.306 e. The Balaban J connectivity index is 1.59. The van der Waals surface area contributed by atoms with Crippen molar-refractivity contribution in [2.75, 3.05) is 0 Å². The molecule has 1 heterocycles. The molecule has 0 spiro atoms. The number of carbonyl (C=O) groups excluding carboxylic acids is 1. The topological polar surface area (TPSA) is 67.5 Å². The quantitative estimate of drug-likeness (QED) is 0.457. The molecule has 5 heteroatoms. The molecule has 0 aliphatic heterocycles. The average Bonchev–Trinajstić information content (AvgIpc) is 3.19. The summed E-state index contributed by atoms with van der Waals surface area (Å²) in [4.78, 5) is 24.1. The molecule has 3 rings (SSSR count). The van der Waals surface area contributed by atoms with Crippen LogP contribution in [0.1, 0.15) is 35.4 Å². The minimum Gasteiger partial charge on any atom is -0.481 e. The molecule has 0 saturated carbocycles. The summed E-state index contributed by atoms with van der Waals surface area (Å²) in [5.41, 5.74) is 1.97. The van der Waals surface area contributed by atoms with Crippen LogP contribution in [-0.2, 0) is 11.2 Å². The van der Waals surface area contributed by atoms with Gasteiger partial charge in [0.15, 0.2) is 11.5 Å². The molecule has 0 radical (unpaired) electrons. The number of carbonyl (C=O) groups is 2. The second-order valence-corrected chi connectivity index (χ2v) is 7.15. The molecular formula is C23H21ClO4. The standard InChI is InChI=1S/C23H21ClO4/c24-19-11-9-17(10-12-19)21-13-14-22(28-21)20(25)15-18(23(26)27)8-4-7-16-5-2-1-3-6-16/h1-3,5-6,9-14,18H,4,7-8,15H2,(H,26,27). The summed E-state index contributed by atoms with van der Waals surface area (Å²) in [6.07, 6.45) is 1.88. The van der Waals surface area contributed by atoms with Gasteiger partial charge in [-0.15, -0.1) is 0 Å². The van der Waals surface area contributed by atoms with Crippen molar-refractivity contribution in [3.05, 3.63) is 83.1 Å². The fraction of sp³-hybridized carbons (Fsp3) is 0.217. The second kappa shape index (κ2) is 9.38. The van der Waals surface area contributed by atoms with Crippen molar-refractivity contribution >= 4 is 23.4 Å². The maximum atomic E-state index is 12.5. The van der Waals surface area contributed by atoms with Gasteiger partial charge in [0, 0.05) is 17.0 Å². The zero-order valence-corrected chi connectivity index (χ0v) is 16.1. The number of carboxylic acid groups (broad SMARTS) is 1.